The van der Waals surface area contributed by atoms with Crippen LogP contribution in [0.5, 0.6) is 0 Å². The Hall–Kier alpha value is -0.160. The minimum absolute atomic E-state index is 0.116. The molecule has 0 amide bonds. The molecule has 17 heavy (non-hydrogen) atoms. The van der Waals surface area contributed by atoms with Gasteiger partial charge in [0.25, 0.3) is 0 Å². The van der Waals surface area contributed by atoms with E-state index in [4.69, 9.17) is 20.1 Å². The second kappa shape index (κ2) is 8.03. The fourth-order valence-corrected chi connectivity index (χ4v) is 0.676. The molecule has 4 nitrogen and oxygen atoms in total. The van der Waals surface area contributed by atoms with Crippen LogP contribution in [-0.4, -0.2) is 35.0 Å². The Morgan fingerprint density at radius 2 is 1.24 bits per heavy atom. The Morgan fingerprint density at radius 3 is 1.29 bits per heavy atom. The van der Waals surface area contributed by atoms with Gasteiger partial charge in [0.15, 0.2) is 12.6 Å². The molecule has 1 unspecified atom stereocenters. The smallest absolute Gasteiger partial charge is 0.159 e. The van der Waals surface area contributed by atoms with E-state index in [1.54, 1.807) is 0 Å². The molecule has 0 rings (SSSR count). The van der Waals surface area contributed by atoms with E-state index in [9.17, 15) is 0 Å². The second-order valence-corrected chi connectivity index (χ2v) is 5.65. The highest BCUT2D eigenvalue weighted by atomic mass is 16.6. The van der Waals surface area contributed by atoms with Crippen molar-refractivity contribution in [1.82, 2.24) is 0 Å². The monoisotopic (exact) mass is 250 g/mol. The Labute approximate surface area is 106 Å². The molecule has 1 atom stereocenters. The van der Waals surface area contributed by atoms with E-state index in [1.165, 1.54) is 7.11 Å². The summed E-state index contributed by atoms with van der Waals surface area (Å²) in [5, 5.41) is 26.4. The van der Waals surface area contributed by atoms with Crippen LogP contribution >= 0.6 is 0 Å². The third-order valence-electron chi connectivity index (χ3n) is 3.41. The SMILES string of the molecule is CCC(C)(C)C(O)O.CCC(C)(C)C(O)OC. The van der Waals surface area contributed by atoms with Crippen molar-refractivity contribution in [3.8, 4) is 0 Å². The number of hydrogen-bond donors (Lipinski definition) is 3. The first-order valence-corrected chi connectivity index (χ1v) is 6.12. The Morgan fingerprint density at radius 1 is 0.882 bits per heavy atom. The normalized spacial score (nSPS) is 14.3. The minimum Gasteiger partial charge on any atom is -0.368 e. The maximum Gasteiger partial charge on any atom is 0.159 e. The summed E-state index contributed by atoms with van der Waals surface area (Å²) in [5.74, 6) is 0. The summed E-state index contributed by atoms with van der Waals surface area (Å²) in [6.45, 7) is 11.5. The molecule has 0 aliphatic rings. The maximum absolute atomic E-state index is 9.16. The van der Waals surface area contributed by atoms with Crippen LogP contribution in [0.1, 0.15) is 54.4 Å². The van der Waals surface area contributed by atoms with Crippen LogP contribution in [0.3, 0.4) is 0 Å². The molecule has 0 saturated carbocycles. The van der Waals surface area contributed by atoms with Gasteiger partial charge in [0.1, 0.15) is 0 Å². The molecule has 0 fully saturated rings. The zero-order valence-corrected chi connectivity index (χ0v) is 12.3. The fourth-order valence-electron chi connectivity index (χ4n) is 0.676. The van der Waals surface area contributed by atoms with Gasteiger partial charge in [0, 0.05) is 17.9 Å². The zero-order chi connectivity index (χ0) is 14.3. The first-order valence-electron chi connectivity index (χ1n) is 6.12. The number of aliphatic hydroxyl groups is 3. The topological polar surface area (TPSA) is 69.9 Å². The van der Waals surface area contributed by atoms with Crippen LogP contribution in [0.4, 0.5) is 0 Å². The van der Waals surface area contributed by atoms with Gasteiger partial charge in [-0.05, 0) is 12.8 Å². The maximum atomic E-state index is 9.16. The van der Waals surface area contributed by atoms with Crippen LogP contribution in [-0.2, 0) is 4.74 Å². The van der Waals surface area contributed by atoms with Gasteiger partial charge in [-0.2, -0.15) is 0 Å². The summed E-state index contributed by atoms with van der Waals surface area (Å²) >= 11 is 0. The molecule has 0 aliphatic heterocycles. The van der Waals surface area contributed by atoms with Gasteiger partial charge in [-0.15, -0.1) is 0 Å². The number of ether oxygens (including phenoxy) is 1. The molecule has 0 aromatic carbocycles. The van der Waals surface area contributed by atoms with E-state index in [-0.39, 0.29) is 10.8 Å². The van der Waals surface area contributed by atoms with Crippen LogP contribution in [0.15, 0.2) is 0 Å². The van der Waals surface area contributed by atoms with Crippen LogP contribution < -0.4 is 0 Å². The molecular weight excluding hydrogens is 220 g/mol. The highest BCUT2D eigenvalue weighted by molar-refractivity contribution is 4.68. The third-order valence-corrected chi connectivity index (χ3v) is 3.41. The van der Waals surface area contributed by atoms with Gasteiger partial charge in [-0.1, -0.05) is 41.5 Å². The van der Waals surface area contributed by atoms with Crippen molar-refractivity contribution in [3.05, 3.63) is 0 Å². The van der Waals surface area contributed by atoms with Gasteiger partial charge >= 0.3 is 0 Å². The highest BCUT2D eigenvalue weighted by Gasteiger charge is 2.25. The Bertz CT molecular complexity index is 188. The van der Waals surface area contributed by atoms with E-state index in [1.807, 2.05) is 41.5 Å². The highest BCUT2D eigenvalue weighted by Crippen LogP contribution is 2.24. The molecule has 0 aromatic heterocycles. The van der Waals surface area contributed by atoms with Gasteiger partial charge in [-0.25, -0.2) is 0 Å². The van der Waals surface area contributed by atoms with Crippen molar-refractivity contribution in [2.45, 2.75) is 67.0 Å². The van der Waals surface area contributed by atoms with Gasteiger partial charge in [0.2, 0.25) is 0 Å². The van der Waals surface area contributed by atoms with E-state index < -0.39 is 12.6 Å². The van der Waals surface area contributed by atoms with E-state index >= 15 is 0 Å². The molecule has 0 radical (unpaired) electrons. The molecule has 0 aromatic rings. The lowest BCUT2D eigenvalue weighted by Crippen LogP contribution is -2.29. The Balaban J connectivity index is 0. The summed E-state index contributed by atoms with van der Waals surface area (Å²) in [6.07, 6.45) is -0.123. The minimum atomic E-state index is -1.19. The van der Waals surface area contributed by atoms with Gasteiger partial charge in [0.05, 0.1) is 0 Å². The lowest BCUT2D eigenvalue weighted by molar-refractivity contribution is -0.146. The molecule has 0 saturated heterocycles. The number of methoxy groups -OCH3 is 1. The number of hydrogen-bond acceptors (Lipinski definition) is 4. The van der Waals surface area contributed by atoms with Crippen molar-refractivity contribution in [2.24, 2.45) is 10.8 Å². The molecule has 106 valence electrons. The summed E-state index contributed by atoms with van der Waals surface area (Å²) < 4.78 is 4.76. The standard InChI is InChI=1S/C7H16O2.C6H14O2/c1-5-7(2,3)6(8)9-4;1-4-6(2,3)5(7)8/h6,8H,5H2,1-4H3;5,7-8H,4H2,1-3H3. The summed E-state index contributed by atoms with van der Waals surface area (Å²) in [4.78, 5) is 0. The molecule has 0 spiro atoms. The lowest BCUT2D eigenvalue weighted by atomic mass is 9.90. The van der Waals surface area contributed by atoms with Crippen molar-refractivity contribution in [2.75, 3.05) is 7.11 Å². The average Bonchev–Trinajstić information content (AvgIpc) is 2.28. The molecular formula is C13H30O4. The molecule has 0 bridgehead atoms. The van der Waals surface area contributed by atoms with Gasteiger partial charge < -0.3 is 20.1 Å². The zero-order valence-electron chi connectivity index (χ0n) is 12.3. The van der Waals surface area contributed by atoms with E-state index in [2.05, 4.69) is 0 Å². The van der Waals surface area contributed by atoms with E-state index in [0.29, 0.717) is 0 Å². The van der Waals surface area contributed by atoms with Crippen molar-refractivity contribution < 1.29 is 20.1 Å². The first-order chi connectivity index (χ1) is 7.55. The fraction of sp³-hybridized carbons (Fsp3) is 1.00. The van der Waals surface area contributed by atoms with Crippen LogP contribution in [0.2, 0.25) is 0 Å². The molecule has 0 heterocycles. The number of rotatable bonds is 5. The van der Waals surface area contributed by atoms with Crippen molar-refractivity contribution in [1.29, 1.82) is 0 Å². The van der Waals surface area contributed by atoms with Gasteiger partial charge in [-0.3, -0.25) is 0 Å². The summed E-state index contributed by atoms with van der Waals surface area (Å²) in [6, 6.07) is 0. The molecule has 3 N–H and O–H groups in total. The first kappa shape index (κ1) is 19.2. The van der Waals surface area contributed by atoms with Crippen LogP contribution in [0, 0.1) is 10.8 Å². The van der Waals surface area contributed by atoms with Crippen LogP contribution in [0.25, 0.3) is 0 Å². The molecule has 4 heteroatoms. The summed E-state index contributed by atoms with van der Waals surface area (Å²) in [7, 11) is 1.52. The third kappa shape index (κ3) is 7.71. The number of aliphatic hydroxyl groups excluding tert-OH is 2. The quantitative estimate of drug-likeness (QED) is 0.654. The average molecular weight is 250 g/mol. The Kier molecular flexibility index (Phi) is 9.06. The second-order valence-electron chi connectivity index (χ2n) is 5.65. The molecule has 0 aliphatic carbocycles. The van der Waals surface area contributed by atoms with Crippen molar-refractivity contribution in [3.63, 3.8) is 0 Å². The van der Waals surface area contributed by atoms with Crippen molar-refractivity contribution >= 4 is 0 Å². The summed E-state index contributed by atoms with van der Waals surface area (Å²) in [5.41, 5.74) is -0.464. The lowest BCUT2D eigenvalue weighted by Gasteiger charge is -2.27. The largest absolute Gasteiger partial charge is 0.368 e. The van der Waals surface area contributed by atoms with E-state index in [0.717, 1.165) is 12.8 Å². The predicted octanol–water partition coefficient (Wildman–Crippen LogP) is 2.12. The predicted molar refractivity (Wildman–Crippen MR) is 69.4 cm³/mol.